The summed E-state index contributed by atoms with van der Waals surface area (Å²) in [4.78, 5) is 27.4. The fourth-order valence-electron chi connectivity index (χ4n) is 5.10. The fourth-order valence-corrected chi connectivity index (χ4v) is 5.94. The summed E-state index contributed by atoms with van der Waals surface area (Å²) in [6, 6.07) is 23.0. The van der Waals surface area contributed by atoms with Crippen LogP contribution in [0.25, 0.3) is 11.4 Å². The molecule has 0 radical (unpaired) electrons. The molecule has 0 aliphatic rings. The van der Waals surface area contributed by atoms with Crippen LogP contribution in [0.15, 0.2) is 116 Å². The third-order valence-corrected chi connectivity index (χ3v) is 9.16. The summed E-state index contributed by atoms with van der Waals surface area (Å²) in [5, 5.41) is 34.6. The average molecular weight is 750 g/mol. The largest absolute Gasteiger partial charge is 0.494 e. The number of hydrogen-bond donors (Lipinski definition) is 4. The Labute approximate surface area is 302 Å². The van der Waals surface area contributed by atoms with Crippen molar-refractivity contribution in [1.29, 1.82) is 0 Å². The topological polar surface area (TPSA) is 203 Å². The average Bonchev–Trinajstić information content (AvgIpc) is 3.37. The van der Waals surface area contributed by atoms with Crippen molar-refractivity contribution in [3.05, 3.63) is 118 Å². The lowest BCUT2D eigenvalue weighted by Crippen LogP contribution is -2.23. The Bertz CT molecular complexity index is 2260. The number of ether oxygens (including phenoxy) is 1. The molecule has 0 aliphatic carbocycles. The molecule has 4 N–H and O–H groups in total. The lowest BCUT2D eigenvalue weighted by Gasteiger charge is -2.21. The lowest BCUT2D eigenvalue weighted by atomic mass is 9.86. The minimum Gasteiger partial charge on any atom is -0.494 e. The molecule has 1 aromatic heterocycles. The Morgan fingerprint density at radius 3 is 2.21 bits per heavy atom. The third-order valence-electron chi connectivity index (χ3n) is 7.70. The van der Waals surface area contributed by atoms with Gasteiger partial charge in [0.15, 0.2) is 0 Å². The minimum atomic E-state index is -4.53. The Balaban J connectivity index is 1.51. The van der Waals surface area contributed by atoms with Crippen LogP contribution in [-0.2, 0) is 31.4 Å². The SMILES string of the molecule is CCOc1ccc(C(C)(C)C)cc1CNC(=O)c1ccccc1N=Nc1c(O)n(-c2ccc(S(=O)(=O)O)cc2)n(-c2ccc(SOOO)cc2)c1=O. The number of amides is 1. The van der Waals surface area contributed by atoms with Gasteiger partial charge in [-0.05, 0) is 90.7 Å². The number of aromatic hydroxyl groups is 1. The second-order valence-electron chi connectivity index (χ2n) is 12.2. The fraction of sp³-hybridized carbons (Fsp3) is 0.200. The van der Waals surface area contributed by atoms with Gasteiger partial charge in [0.25, 0.3) is 16.0 Å². The van der Waals surface area contributed by atoms with Crippen molar-refractivity contribution in [2.75, 3.05) is 6.61 Å². The van der Waals surface area contributed by atoms with Crippen molar-refractivity contribution in [2.45, 2.75) is 49.4 Å². The van der Waals surface area contributed by atoms with E-state index in [0.717, 1.165) is 32.6 Å². The Morgan fingerprint density at radius 2 is 1.58 bits per heavy atom. The van der Waals surface area contributed by atoms with Gasteiger partial charge in [0.05, 0.1) is 46.2 Å². The predicted octanol–water partition coefficient (Wildman–Crippen LogP) is 7.05. The van der Waals surface area contributed by atoms with Crippen LogP contribution in [-0.4, -0.2) is 45.2 Å². The molecule has 52 heavy (non-hydrogen) atoms. The molecule has 0 fully saturated rings. The number of carbonyl (C=O) groups excluding carboxylic acids is 1. The highest BCUT2D eigenvalue weighted by atomic mass is 32.2. The number of carbonyl (C=O) groups is 1. The van der Waals surface area contributed by atoms with Crippen LogP contribution in [0.4, 0.5) is 11.4 Å². The molecule has 1 heterocycles. The van der Waals surface area contributed by atoms with E-state index in [2.05, 4.69) is 45.7 Å². The van der Waals surface area contributed by atoms with Crippen molar-refractivity contribution in [3.63, 3.8) is 0 Å². The smallest absolute Gasteiger partial charge is 0.303 e. The van der Waals surface area contributed by atoms with Crippen molar-refractivity contribution >= 4 is 39.4 Å². The second kappa shape index (κ2) is 15.9. The summed E-state index contributed by atoms with van der Waals surface area (Å²) in [6.45, 7) is 8.76. The molecule has 17 heteroatoms. The van der Waals surface area contributed by atoms with E-state index in [4.69, 9.17) is 9.99 Å². The second-order valence-corrected chi connectivity index (χ2v) is 14.4. The monoisotopic (exact) mass is 749 g/mol. The Morgan fingerprint density at radius 1 is 0.923 bits per heavy atom. The zero-order valence-electron chi connectivity index (χ0n) is 28.4. The zero-order valence-corrected chi connectivity index (χ0v) is 30.0. The van der Waals surface area contributed by atoms with Gasteiger partial charge in [-0.2, -0.15) is 8.42 Å². The van der Waals surface area contributed by atoms with Crippen LogP contribution in [0.3, 0.4) is 0 Å². The van der Waals surface area contributed by atoms with E-state index in [1.165, 1.54) is 42.5 Å². The van der Waals surface area contributed by atoms with Gasteiger partial charge in [0.1, 0.15) is 5.75 Å². The molecule has 5 rings (SSSR count). The number of nitrogens with one attached hydrogen (secondary N) is 1. The third kappa shape index (κ3) is 8.59. The van der Waals surface area contributed by atoms with Gasteiger partial charge >= 0.3 is 5.56 Å². The molecule has 0 spiro atoms. The van der Waals surface area contributed by atoms with Crippen molar-refractivity contribution in [3.8, 4) is 23.0 Å². The molecule has 5 aromatic rings. The number of nitrogens with zero attached hydrogens (tertiary/aromatic N) is 4. The van der Waals surface area contributed by atoms with Crippen LogP contribution in [0.1, 0.15) is 49.2 Å². The molecule has 0 aliphatic heterocycles. The standard InChI is InChI=1S/C35H35N5O10S2/c1-5-48-30-19-10-23(35(2,3)4)20-22(30)21-36-32(41)28-8-6-7-9-29(28)37-38-31-33(42)39(24-11-15-26(16-12-24)51-50-49-44)40(34(31)43)25-13-17-27(18-14-25)52(45,46)47/h6-20,43-44H,5,21H2,1-4H3,(H,36,41)(H,45,46,47). The van der Waals surface area contributed by atoms with Crippen LogP contribution in [0.2, 0.25) is 0 Å². The number of rotatable bonds is 13. The van der Waals surface area contributed by atoms with Gasteiger partial charge in [-0.1, -0.05) is 44.0 Å². The minimum absolute atomic E-state index is 0.108. The van der Waals surface area contributed by atoms with Gasteiger partial charge < -0.3 is 15.2 Å². The quantitative estimate of drug-likeness (QED) is 0.0316. The summed E-state index contributed by atoms with van der Waals surface area (Å²) in [6.07, 6.45) is 0. The van der Waals surface area contributed by atoms with Gasteiger partial charge in [-0.3, -0.25) is 14.1 Å². The molecule has 0 unspecified atom stereocenters. The number of benzene rings is 4. The highest BCUT2D eigenvalue weighted by molar-refractivity contribution is 7.94. The first-order valence-electron chi connectivity index (χ1n) is 15.7. The first-order chi connectivity index (χ1) is 24.7. The van der Waals surface area contributed by atoms with Gasteiger partial charge in [-0.15, -0.1) is 14.6 Å². The number of hydrogen-bond acceptors (Lipinski definition) is 12. The summed E-state index contributed by atoms with van der Waals surface area (Å²) < 4.78 is 45.1. The summed E-state index contributed by atoms with van der Waals surface area (Å²) in [7, 11) is -4.53. The Hall–Kier alpha value is -5.30. The Kier molecular flexibility index (Phi) is 11.6. The molecule has 15 nitrogen and oxygen atoms in total. The summed E-state index contributed by atoms with van der Waals surface area (Å²) >= 11 is 0.688. The van der Waals surface area contributed by atoms with Gasteiger partial charge in [0, 0.05) is 17.0 Å². The summed E-state index contributed by atoms with van der Waals surface area (Å²) in [5.41, 5.74) is 1.04. The van der Waals surface area contributed by atoms with Crippen LogP contribution in [0, 0.1) is 0 Å². The highest BCUT2D eigenvalue weighted by Gasteiger charge is 2.24. The van der Waals surface area contributed by atoms with Crippen molar-refractivity contribution in [1.82, 2.24) is 14.7 Å². The number of azo groups is 1. The van der Waals surface area contributed by atoms with Gasteiger partial charge in [0.2, 0.25) is 11.6 Å². The van der Waals surface area contributed by atoms with Gasteiger partial charge in [-0.25, -0.2) is 14.6 Å². The van der Waals surface area contributed by atoms with E-state index >= 15 is 0 Å². The van der Waals surface area contributed by atoms with E-state index in [9.17, 15) is 27.7 Å². The number of aromatic nitrogens is 2. The van der Waals surface area contributed by atoms with Crippen molar-refractivity contribution < 1.29 is 42.2 Å². The first kappa shape index (κ1) is 37.9. The molecule has 272 valence electrons. The molecule has 1 amide bonds. The van der Waals surface area contributed by atoms with E-state index in [0.29, 0.717) is 29.3 Å². The lowest BCUT2D eigenvalue weighted by molar-refractivity contribution is -0.432. The summed E-state index contributed by atoms with van der Waals surface area (Å²) in [5.74, 6) is -0.480. The van der Waals surface area contributed by atoms with E-state index in [1.54, 1.807) is 18.2 Å². The molecule has 0 bridgehead atoms. The van der Waals surface area contributed by atoms with Crippen LogP contribution in [0.5, 0.6) is 11.6 Å². The van der Waals surface area contributed by atoms with E-state index in [1.807, 2.05) is 25.1 Å². The molecule has 4 aromatic carbocycles. The first-order valence-corrected chi connectivity index (χ1v) is 17.9. The normalized spacial score (nSPS) is 12.0. The van der Waals surface area contributed by atoms with Crippen LogP contribution >= 0.6 is 12.0 Å². The highest BCUT2D eigenvalue weighted by Crippen LogP contribution is 2.33. The van der Waals surface area contributed by atoms with Crippen LogP contribution < -0.4 is 15.6 Å². The van der Waals surface area contributed by atoms with E-state index in [-0.39, 0.29) is 34.6 Å². The maximum Gasteiger partial charge on any atom is 0.303 e. The maximum absolute atomic E-state index is 13.9. The molecule has 0 saturated carbocycles. The van der Waals surface area contributed by atoms with Crippen molar-refractivity contribution in [2.24, 2.45) is 10.2 Å². The van der Waals surface area contributed by atoms with E-state index < -0.39 is 38.0 Å². The molecular formula is C35H35N5O10S2. The predicted molar refractivity (Wildman–Crippen MR) is 192 cm³/mol. The zero-order chi connectivity index (χ0) is 37.6. The molecule has 0 atom stereocenters. The maximum atomic E-state index is 13.9. The molecular weight excluding hydrogens is 715 g/mol. The molecule has 0 saturated heterocycles.